The molecule has 0 bridgehead atoms. The van der Waals surface area contributed by atoms with E-state index in [2.05, 4.69) is 24.1 Å². The van der Waals surface area contributed by atoms with Crippen molar-refractivity contribution in [3.05, 3.63) is 28.2 Å². The molecule has 7 nitrogen and oxygen atoms in total. The van der Waals surface area contributed by atoms with E-state index < -0.39 is 0 Å². The summed E-state index contributed by atoms with van der Waals surface area (Å²) in [5.41, 5.74) is 0.0962. The van der Waals surface area contributed by atoms with Gasteiger partial charge in [-0.2, -0.15) is 5.10 Å². The number of carbonyl (C=O) groups excluding carboxylic acids is 1. The smallest absolute Gasteiger partial charge is 0.274 e. The molecule has 0 aromatic carbocycles. The molecule has 7 heteroatoms. The summed E-state index contributed by atoms with van der Waals surface area (Å²) in [6.07, 6.45) is 1.92. The fourth-order valence-electron chi connectivity index (χ4n) is 2.65. The van der Waals surface area contributed by atoms with Crippen LogP contribution < -0.4 is 5.56 Å². The van der Waals surface area contributed by atoms with E-state index in [9.17, 15) is 9.59 Å². The highest BCUT2D eigenvalue weighted by molar-refractivity contribution is 5.92. The van der Waals surface area contributed by atoms with E-state index in [0.29, 0.717) is 24.9 Å². The third-order valence-electron chi connectivity index (χ3n) is 4.07. The average molecular weight is 308 g/mol. The third kappa shape index (κ3) is 3.92. The largest absolute Gasteiger partial charge is 0.383 e. The van der Waals surface area contributed by atoms with E-state index in [-0.39, 0.29) is 11.5 Å². The van der Waals surface area contributed by atoms with E-state index in [4.69, 9.17) is 4.74 Å². The predicted molar refractivity (Wildman–Crippen MR) is 83.0 cm³/mol. The second kappa shape index (κ2) is 7.51. The third-order valence-corrected chi connectivity index (χ3v) is 4.07. The first-order valence-electron chi connectivity index (χ1n) is 7.55. The van der Waals surface area contributed by atoms with Crippen LogP contribution in [0.1, 0.15) is 23.3 Å². The van der Waals surface area contributed by atoms with E-state index in [0.717, 1.165) is 25.9 Å². The minimum atomic E-state index is -0.222. The fraction of sp³-hybridized carbons (Fsp3) is 0.667. The van der Waals surface area contributed by atoms with Gasteiger partial charge in [-0.15, -0.1) is 0 Å². The standard InChI is InChI=1S/C15H24N4O3/c1-17(2)12-6-8-18(9-7-12)15(21)13-4-5-14(20)19(16-13)10-11-22-3/h4-5,12H,6-11H2,1-3H3. The Bertz CT molecular complexity index is 562. The number of piperidine rings is 1. The molecule has 2 heterocycles. The van der Waals surface area contributed by atoms with Crippen LogP contribution in [0.2, 0.25) is 0 Å². The minimum absolute atomic E-state index is 0.108. The molecule has 1 aromatic heterocycles. The Balaban J connectivity index is 2.05. The van der Waals surface area contributed by atoms with Crippen LogP contribution in [0.15, 0.2) is 16.9 Å². The molecule has 0 radical (unpaired) electrons. The number of likely N-dealkylation sites (tertiary alicyclic amines) is 1. The lowest BCUT2D eigenvalue weighted by atomic mass is 10.0. The van der Waals surface area contributed by atoms with Gasteiger partial charge in [-0.1, -0.05) is 0 Å². The molecular weight excluding hydrogens is 284 g/mol. The van der Waals surface area contributed by atoms with Crippen LogP contribution in [-0.4, -0.2) is 72.4 Å². The molecule has 0 N–H and O–H groups in total. The van der Waals surface area contributed by atoms with Crippen LogP contribution in [0.3, 0.4) is 0 Å². The van der Waals surface area contributed by atoms with Gasteiger partial charge in [0.2, 0.25) is 0 Å². The second-order valence-corrected chi connectivity index (χ2v) is 5.76. The molecule has 1 aromatic rings. The lowest BCUT2D eigenvalue weighted by molar-refractivity contribution is 0.0654. The Kier molecular flexibility index (Phi) is 5.68. The summed E-state index contributed by atoms with van der Waals surface area (Å²) in [7, 11) is 5.69. The highest BCUT2D eigenvalue weighted by atomic mass is 16.5. The number of amides is 1. The summed E-state index contributed by atoms with van der Waals surface area (Å²) >= 11 is 0. The van der Waals surface area contributed by atoms with Gasteiger partial charge in [0.25, 0.3) is 11.5 Å². The number of carbonyl (C=O) groups is 1. The van der Waals surface area contributed by atoms with Gasteiger partial charge in [0, 0.05) is 32.3 Å². The van der Waals surface area contributed by atoms with Crippen molar-refractivity contribution in [3.63, 3.8) is 0 Å². The van der Waals surface area contributed by atoms with E-state index in [1.807, 2.05) is 4.90 Å². The summed E-state index contributed by atoms with van der Waals surface area (Å²) in [5.74, 6) is -0.108. The van der Waals surface area contributed by atoms with E-state index in [1.54, 1.807) is 7.11 Å². The van der Waals surface area contributed by atoms with Gasteiger partial charge >= 0.3 is 0 Å². The van der Waals surface area contributed by atoms with Crippen molar-refractivity contribution in [2.75, 3.05) is 40.9 Å². The predicted octanol–water partition coefficient (Wildman–Crippen LogP) is 0.0559. The maximum Gasteiger partial charge on any atom is 0.274 e. The van der Waals surface area contributed by atoms with E-state index in [1.165, 1.54) is 16.8 Å². The van der Waals surface area contributed by atoms with Gasteiger partial charge in [-0.05, 0) is 33.0 Å². The molecule has 0 saturated carbocycles. The summed E-state index contributed by atoms with van der Waals surface area (Å²) in [6, 6.07) is 3.42. The molecule has 0 atom stereocenters. The van der Waals surface area contributed by atoms with Gasteiger partial charge in [-0.3, -0.25) is 9.59 Å². The highest BCUT2D eigenvalue weighted by Crippen LogP contribution is 2.15. The Morgan fingerprint density at radius 2 is 2.05 bits per heavy atom. The van der Waals surface area contributed by atoms with Crippen LogP contribution in [0.4, 0.5) is 0 Å². The highest BCUT2D eigenvalue weighted by Gasteiger charge is 2.25. The van der Waals surface area contributed by atoms with Crippen molar-refractivity contribution < 1.29 is 9.53 Å². The molecule has 1 aliphatic rings. The second-order valence-electron chi connectivity index (χ2n) is 5.76. The zero-order valence-corrected chi connectivity index (χ0v) is 13.5. The summed E-state index contributed by atoms with van der Waals surface area (Å²) < 4.78 is 6.23. The molecule has 2 rings (SSSR count). The fourth-order valence-corrected chi connectivity index (χ4v) is 2.65. The Hall–Kier alpha value is -1.73. The van der Waals surface area contributed by atoms with Crippen molar-refractivity contribution in [3.8, 4) is 0 Å². The van der Waals surface area contributed by atoms with Crippen molar-refractivity contribution >= 4 is 5.91 Å². The zero-order valence-electron chi connectivity index (χ0n) is 13.5. The van der Waals surface area contributed by atoms with Gasteiger partial charge in [-0.25, -0.2) is 4.68 Å². The van der Waals surface area contributed by atoms with Crippen LogP contribution in [0.25, 0.3) is 0 Å². The van der Waals surface area contributed by atoms with Crippen LogP contribution in [0, 0.1) is 0 Å². The van der Waals surface area contributed by atoms with Gasteiger partial charge in [0.1, 0.15) is 5.69 Å². The summed E-state index contributed by atoms with van der Waals surface area (Å²) in [6.45, 7) is 2.18. The van der Waals surface area contributed by atoms with Crippen molar-refractivity contribution in [1.29, 1.82) is 0 Å². The Morgan fingerprint density at radius 3 is 2.64 bits per heavy atom. The summed E-state index contributed by atoms with van der Waals surface area (Å²) in [4.78, 5) is 28.2. The van der Waals surface area contributed by atoms with E-state index >= 15 is 0 Å². The number of hydrogen-bond acceptors (Lipinski definition) is 5. The zero-order chi connectivity index (χ0) is 16.1. The monoisotopic (exact) mass is 308 g/mol. The van der Waals surface area contributed by atoms with Crippen LogP contribution >= 0.6 is 0 Å². The molecule has 1 amide bonds. The lowest BCUT2D eigenvalue weighted by Gasteiger charge is -2.35. The van der Waals surface area contributed by atoms with Crippen LogP contribution in [0.5, 0.6) is 0 Å². The van der Waals surface area contributed by atoms with Gasteiger partial charge < -0.3 is 14.5 Å². The van der Waals surface area contributed by atoms with Gasteiger partial charge in [0.05, 0.1) is 13.2 Å². The lowest BCUT2D eigenvalue weighted by Crippen LogP contribution is -2.45. The molecule has 1 saturated heterocycles. The normalized spacial score (nSPS) is 16.3. The number of nitrogens with zero attached hydrogens (tertiary/aromatic N) is 4. The Morgan fingerprint density at radius 1 is 1.36 bits per heavy atom. The molecule has 0 aliphatic carbocycles. The SMILES string of the molecule is COCCn1nc(C(=O)N2CCC(N(C)C)CC2)ccc1=O. The quantitative estimate of drug-likeness (QED) is 0.769. The summed E-state index contributed by atoms with van der Waals surface area (Å²) in [5, 5.41) is 4.16. The average Bonchev–Trinajstić information content (AvgIpc) is 2.53. The van der Waals surface area contributed by atoms with Crippen molar-refractivity contribution in [2.24, 2.45) is 0 Å². The van der Waals surface area contributed by atoms with Crippen LogP contribution in [-0.2, 0) is 11.3 Å². The molecule has 1 aliphatic heterocycles. The topological polar surface area (TPSA) is 67.7 Å². The molecule has 0 spiro atoms. The maximum atomic E-state index is 12.5. The van der Waals surface area contributed by atoms with Crippen molar-refractivity contribution in [2.45, 2.75) is 25.4 Å². The first-order valence-corrected chi connectivity index (χ1v) is 7.55. The molecule has 122 valence electrons. The maximum absolute atomic E-state index is 12.5. The first kappa shape index (κ1) is 16.6. The minimum Gasteiger partial charge on any atom is -0.383 e. The number of methoxy groups -OCH3 is 1. The molecule has 0 unspecified atom stereocenters. The number of rotatable bonds is 5. The van der Waals surface area contributed by atoms with Crippen molar-refractivity contribution in [1.82, 2.24) is 19.6 Å². The molecular formula is C15H24N4O3. The number of hydrogen-bond donors (Lipinski definition) is 0. The Labute approximate surface area is 130 Å². The molecule has 1 fully saturated rings. The van der Waals surface area contributed by atoms with Gasteiger partial charge in [0.15, 0.2) is 0 Å². The number of aromatic nitrogens is 2. The molecule has 22 heavy (non-hydrogen) atoms. The first-order chi connectivity index (χ1) is 10.5. The number of ether oxygens (including phenoxy) is 1.